The summed E-state index contributed by atoms with van der Waals surface area (Å²) in [6.45, 7) is 6.52. The number of H-pyrrole nitrogens is 1. The van der Waals surface area contributed by atoms with Crippen molar-refractivity contribution < 1.29 is 4.74 Å². The molecule has 140 valence electrons. The topological polar surface area (TPSA) is 40.3 Å². The molecule has 1 saturated heterocycles. The van der Waals surface area contributed by atoms with Crippen molar-refractivity contribution in [2.24, 2.45) is 0 Å². The van der Waals surface area contributed by atoms with Crippen molar-refractivity contribution in [1.82, 2.24) is 15.2 Å². The first kappa shape index (κ1) is 16.8. The highest BCUT2D eigenvalue weighted by molar-refractivity contribution is 5.85. The molecule has 0 amide bonds. The Bertz CT molecular complexity index is 924. The summed E-state index contributed by atoms with van der Waals surface area (Å²) in [5.74, 6) is 0.979. The van der Waals surface area contributed by atoms with E-state index in [1.54, 1.807) is 0 Å². The van der Waals surface area contributed by atoms with Gasteiger partial charge < -0.3 is 15.0 Å². The van der Waals surface area contributed by atoms with Crippen molar-refractivity contribution >= 4 is 10.9 Å². The smallest absolute Gasteiger partial charge is 0.124 e. The fraction of sp³-hybridized carbons (Fsp3) is 0.391. The highest BCUT2D eigenvalue weighted by Crippen LogP contribution is 2.34. The number of nitrogens with zero attached hydrogens (tertiary/aromatic N) is 1. The van der Waals surface area contributed by atoms with Gasteiger partial charge in [0.25, 0.3) is 0 Å². The maximum atomic E-state index is 6.12. The lowest BCUT2D eigenvalue weighted by Crippen LogP contribution is -2.53. The predicted molar refractivity (Wildman–Crippen MR) is 109 cm³/mol. The molecule has 3 heterocycles. The maximum Gasteiger partial charge on any atom is 0.124 e. The Morgan fingerprint density at radius 2 is 1.89 bits per heavy atom. The molecule has 1 fully saturated rings. The number of para-hydroxylation sites is 1. The summed E-state index contributed by atoms with van der Waals surface area (Å²) in [7, 11) is 0. The second kappa shape index (κ2) is 7.02. The first-order valence-electron chi connectivity index (χ1n) is 10.1. The molecule has 1 aromatic heterocycles. The number of likely N-dealkylation sites (tertiary alicyclic amines) is 1. The van der Waals surface area contributed by atoms with Crippen LogP contribution in [0.4, 0.5) is 0 Å². The molecule has 27 heavy (non-hydrogen) atoms. The Balaban J connectivity index is 1.33. The fourth-order valence-corrected chi connectivity index (χ4v) is 4.49. The van der Waals surface area contributed by atoms with Gasteiger partial charge in [0, 0.05) is 36.2 Å². The third-order valence-electron chi connectivity index (χ3n) is 5.84. The lowest BCUT2D eigenvalue weighted by Gasteiger charge is -2.38. The van der Waals surface area contributed by atoms with E-state index in [9.17, 15) is 0 Å². The van der Waals surface area contributed by atoms with Crippen LogP contribution in [0, 0.1) is 0 Å². The summed E-state index contributed by atoms with van der Waals surface area (Å²) in [6, 6.07) is 17.5. The van der Waals surface area contributed by atoms with Gasteiger partial charge in [0.05, 0.1) is 6.04 Å². The van der Waals surface area contributed by atoms with Crippen molar-refractivity contribution in [3.63, 3.8) is 0 Å². The molecule has 2 aliphatic heterocycles. The first-order valence-corrected chi connectivity index (χ1v) is 10.1. The number of ether oxygens (including phenoxy) is 1. The molecule has 3 aromatic rings. The minimum absolute atomic E-state index is 0.221. The van der Waals surface area contributed by atoms with E-state index < -0.39 is 0 Å². The minimum atomic E-state index is 0.221. The summed E-state index contributed by atoms with van der Waals surface area (Å²) >= 11 is 0. The maximum absolute atomic E-state index is 6.12. The molecule has 1 unspecified atom stereocenters. The van der Waals surface area contributed by atoms with Crippen LogP contribution in [0.15, 0.2) is 48.5 Å². The normalized spacial score (nSPS) is 20.4. The number of aromatic nitrogens is 1. The molecule has 2 aromatic carbocycles. The van der Waals surface area contributed by atoms with Gasteiger partial charge in [-0.05, 0) is 48.7 Å². The molecule has 0 radical (unpaired) electrons. The van der Waals surface area contributed by atoms with Crippen LogP contribution in [-0.2, 0) is 6.42 Å². The molecule has 0 saturated carbocycles. The Morgan fingerprint density at radius 1 is 1.07 bits per heavy atom. The Morgan fingerprint density at radius 3 is 2.70 bits per heavy atom. The van der Waals surface area contributed by atoms with Crippen molar-refractivity contribution in [2.75, 3.05) is 26.2 Å². The SMILES string of the molecule is CCCN1CC(Oc2ccc(C3NCCc4c3[nH]c3ccccc43)cc2)C1. The van der Waals surface area contributed by atoms with Crippen LogP contribution >= 0.6 is 0 Å². The number of aromatic amines is 1. The zero-order chi connectivity index (χ0) is 18.2. The van der Waals surface area contributed by atoms with E-state index in [4.69, 9.17) is 4.74 Å². The molecule has 5 rings (SSSR count). The molecule has 2 N–H and O–H groups in total. The van der Waals surface area contributed by atoms with Gasteiger partial charge in [0.2, 0.25) is 0 Å². The van der Waals surface area contributed by atoms with Crippen molar-refractivity contribution in [3.8, 4) is 5.75 Å². The molecular weight excluding hydrogens is 334 g/mol. The highest BCUT2D eigenvalue weighted by atomic mass is 16.5. The average Bonchev–Trinajstić information content (AvgIpc) is 3.06. The van der Waals surface area contributed by atoms with Crippen LogP contribution in [0.25, 0.3) is 10.9 Å². The fourth-order valence-electron chi connectivity index (χ4n) is 4.49. The van der Waals surface area contributed by atoms with Gasteiger partial charge in [-0.1, -0.05) is 37.3 Å². The van der Waals surface area contributed by atoms with Crippen LogP contribution in [0.1, 0.15) is 36.2 Å². The quantitative estimate of drug-likeness (QED) is 0.725. The number of nitrogens with one attached hydrogen (secondary N) is 2. The van der Waals surface area contributed by atoms with Gasteiger partial charge in [-0.2, -0.15) is 0 Å². The van der Waals surface area contributed by atoms with E-state index in [0.29, 0.717) is 6.10 Å². The Labute approximate surface area is 160 Å². The van der Waals surface area contributed by atoms with Crippen LogP contribution in [-0.4, -0.2) is 42.2 Å². The lowest BCUT2D eigenvalue weighted by atomic mass is 9.94. The average molecular weight is 361 g/mol. The van der Waals surface area contributed by atoms with E-state index in [-0.39, 0.29) is 6.04 Å². The van der Waals surface area contributed by atoms with Crippen LogP contribution in [0.3, 0.4) is 0 Å². The summed E-state index contributed by atoms with van der Waals surface area (Å²) in [5, 5.41) is 5.04. The number of rotatable bonds is 5. The van der Waals surface area contributed by atoms with Crippen LogP contribution in [0.5, 0.6) is 5.75 Å². The lowest BCUT2D eigenvalue weighted by molar-refractivity contribution is 0.0202. The van der Waals surface area contributed by atoms with Gasteiger partial charge in [-0.3, -0.25) is 4.90 Å². The summed E-state index contributed by atoms with van der Waals surface area (Å²) in [4.78, 5) is 6.09. The van der Waals surface area contributed by atoms with Crippen LogP contribution in [0.2, 0.25) is 0 Å². The summed E-state index contributed by atoms with van der Waals surface area (Å²) in [6.07, 6.45) is 2.63. The largest absolute Gasteiger partial charge is 0.488 e. The van der Waals surface area contributed by atoms with Crippen molar-refractivity contribution in [3.05, 3.63) is 65.4 Å². The van der Waals surface area contributed by atoms with Gasteiger partial charge in [0.1, 0.15) is 11.9 Å². The van der Waals surface area contributed by atoms with Gasteiger partial charge in [0.15, 0.2) is 0 Å². The van der Waals surface area contributed by atoms with E-state index in [0.717, 1.165) is 31.8 Å². The van der Waals surface area contributed by atoms with Gasteiger partial charge >= 0.3 is 0 Å². The monoisotopic (exact) mass is 361 g/mol. The summed E-state index contributed by atoms with van der Waals surface area (Å²) < 4.78 is 6.12. The van der Waals surface area contributed by atoms with Crippen molar-refractivity contribution in [1.29, 1.82) is 0 Å². The van der Waals surface area contributed by atoms with E-state index in [1.165, 1.54) is 40.7 Å². The number of fused-ring (bicyclic) bond motifs is 3. The standard InChI is InChI=1S/C23H27N3O/c1-2-13-26-14-18(15-26)27-17-9-7-16(8-10-17)22-23-20(11-12-24-22)19-5-3-4-6-21(19)25-23/h3-10,18,22,24-25H,2,11-15H2,1H3. The molecule has 2 aliphatic rings. The molecule has 0 aliphatic carbocycles. The van der Waals surface area contributed by atoms with Gasteiger partial charge in [-0.25, -0.2) is 0 Å². The van der Waals surface area contributed by atoms with E-state index in [2.05, 4.69) is 70.7 Å². The number of benzene rings is 2. The molecule has 4 nitrogen and oxygen atoms in total. The second-order valence-corrected chi connectivity index (χ2v) is 7.77. The van der Waals surface area contributed by atoms with E-state index >= 15 is 0 Å². The van der Waals surface area contributed by atoms with E-state index in [1.807, 2.05) is 0 Å². The van der Waals surface area contributed by atoms with Crippen LogP contribution < -0.4 is 10.1 Å². The third kappa shape index (κ3) is 3.13. The molecular formula is C23H27N3O. The zero-order valence-electron chi connectivity index (χ0n) is 15.9. The highest BCUT2D eigenvalue weighted by Gasteiger charge is 2.28. The second-order valence-electron chi connectivity index (χ2n) is 7.77. The molecule has 1 atom stereocenters. The minimum Gasteiger partial charge on any atom is -0.488 e. The van der Waals surface area contributed by atoms with Gasteiger partial charge in [-0.15, -0.1) is 0 Å². The van der Waals surface area contributed by atoms with Crippen molar-refractivity contribution in [2.45, 2.75) is 31.9 Å². The third-order valence-corrected chi connectivity index (χ3v) is 5.84. The molecule has 0 spiro atoms. The molecule has 4 heteroatoms. The Kier molecular flexibility index (Phi) is 4.38. The number of hydrogen-bond acceptors (Lipinski definition) is 3. The molecule has 0 bridgehead atoms. The zero-order valence-corrected chi connectivity index (χ0v) is 15.9. The Hall–Kier alpha value is -2.30. The summed E-state index contributed by atoms with van der Waals surface area (Å²) in [5.41, 5.74) is 5.29. The predicted octanol–water partition coefficient (Wildman–Crippen LogP) is 3.88. The first-order chi connectivity index (χ1) is 13.3. The number of hydrogen-bond donors (Lipinski definition) is 2.